The van der Waals surface area contributed by atoms with Crippen LogP contribution in [0.15, 0.2) is 51.0 Å². The number of sulfonamides is 1. The number of thioether (sulfide) groups is 1. The van der Waals surface area contributed by atoms with Crippen molar-refractivity contribution >= 4 is 33.6 Å². The molecule has 40 heavy (non-hydrogen) atoms. The third-order valence-electron chi connectivity index (χ3n) is 6.38. The van der Waals surface area contributed by atoms with Crippen LogP contribution in [0, 0.1) is 0 Å². The first-order chi connectivity index (χ1) is 18.6. The molecule has 3 heterocycles. The van der Waals surface area contributed by atoms with Crippen molar-refractivity contribution in [2.75, 3.05) is 23.4 Å². The molecule has 1 aliphatic heterocycles. The van der Waals surface area contributed by atoms with Gasteiger partial charge >= 0.3 is 6.09 Å². The lowest BCUT2D eigenvalue weighted by Crippen LogP contribution is -2.47. The Kier molecular flexibility index (Phi) is 8.52. The second-order valence-corrected chi connectivity index (χ2v) is 14.7. The van der Waals surface area contributed by atoms with Crippen LogP contribution in [0.5, 0.6) is 0 Å². The van der Waals surface area contributed by atoms with E-state index in [-0.39, 0.29) is 22.9 Å². The molecule has 1 fully saturated rings. The first-order valence-electron chi connectivity index (χ1n) is 13.0. The van der Waals surface area contributed by atoms with Crippen molar-refractivity contribution in [2.24, 2.45) is 0 Å². The number of hydrogen-bond donors (Lipinski definition) is 2. The van der Waals surface area contributed by atoms with E-state index in [1.807, 2.05) is 0 Å². The fourth-order valence-corrected chi connectivity index (χ4v) is 6.55. The number of carbonyl (C=O) groups is 1. The molecule has 2 aromatic heterocycles. The number of benzene rings is 1. The van der Waals surface area contributed by atoms with Gasteiger partial charge < -0.3 is 9.52 Å². The summed E-state index contributed by atoms with van der Waals surface area (Å²) < 4.78 is 34.1. The van der Waals surface area contributed by atoms with E-state index < -0.39 is 21.7 Å². The Labute approximate surface area is 239 Å². The SMILES string of the molecule is CC(C)(C)c1cnc(CSc2cnn(N[C@@H]3CCCN(S(=O)(=O)c4ccc(N(C(=O)O)C(C)(C)C)cc4)C3)n2)o1. The smallest absolute Gasteiger partial charge is 0.412 e. The van der Waals surface area contributed by atoms with E-state index in [0.717, 1.165) is 12.2 Å². The third kappa shape index (κ3) is 6.96. The van der Waals surface area contributed by atoms with Crippen molar-refractivity contribution in [3.63, 3.8) is 0 Å². The van der Waals surface area contributed by atoms with Crippen LogP contribution in [-0.4, -0.2) is 68.7 Å². The van der Waals surface area contributed by atoms with Crippen molar-refractivity contribution in [3.8, 4) is 0 Å². The molecule has 1 aromatic carbocycles. The Morgan fingerprint density at radius 2 is 1.88 bits per heavy atom. The summed E-state index contributed by atoms with van der Waals surface area (Å²) in [5.41, 5.74) is 2.82. The standard InChI is InChI=1S/C26H37N7O5S2/c1-25(2,3)21-14-27-22(38-21)17-39-23-15-28-33(30-23)29-18-8-7-13-31(16-18)40(36,37)20-11-9-19(10-12-20)32(24(34)35)26(4,5)6/h9-12,14-15,18,29H,7-8,13,16-17H2,1-6H3,(H,34,35)/t18-/m1/s1. The number of aromatic nitrogens is 4. The molecule has 0 spiro atoms. The fourth-order valence-electron chi connectivity index (χ4n) is 4.37. The lowest BCUT2D eigenvalue weighted by atomic mass is 9.94. The zero-order chi connectivity index (χ0) is 29.3. The molecule has 14 heteroatoms. The van der Waals surface area contributed by atoms with E-state index in [9.17, 15) is 18.3 Å². The van der Waals surface area contributed by atoms with Crippen molar-refractivity contribution in [1.29, 1.82) is 0 Å². The van der Waals surface area contributed by atoms with Crippen LogP contribution < -0.4 is 10.3 Å². The second-order valence-electron chi connectivity index (χ2n) is 11.7. The molecule has 2 N–H and O–H groups in total. The summed E-state index contributed by atoms with van der Waals surface area (Å²) in [6.07, 6.45) is 3.73. The summed E-state index contributed by atoms with van der Waals surface area (Å²) in [7, 11) is -3.77. The first kappa shape index (κ1) is 29.9. The van der Waals surface area contributed by atoms with Gasteiger partial charge in [0.05, 0.1) is 29.1 Å². The molecule has 0 aliphatic carbocycles. The minimum Gasteiger partial charge on any atom is -0.465 e. The van der Waals surface area contributed by atoms with Gasteiger partial charge in [-0.25, -0.2) is 18.2 Å². The van der Waals surface area contributed by atoms with E-state index in [0.29, 0.717) is 35.3 Å². The highest BCUT2D eigenvalue weighted by molar-refractivity contribution is 7.98. The van der Waals surface area contributed by atoms with E-state index in [2.05, 4.69) is 41.4 Å². The van der Waals surface area contributed by atoms with Crippen LogP contribution in [0.3, 0.4) is 0 Å². The summed E-state index contributed by atoms with van der Waals surface area (Å²) in [6, 6.07) is 5.79. The highest BCUT2D eigenvalue weighted by Gasteiger charge is 2.32. The number of piperidine rings is 1. The van der Waals surface area contributed by atoms with Crippen molar-refractivity contribution in [2.45, 2.75) is 87.1 Å². The van der Waals surface area contributed by atoms with Gasteiger partial charge in [0.25, 0.3) is 0 Å². The van der Waals surface area contributed by atoms with Gasteiger partial charge in [-0.1, -0.05) is 37.4 Å². The molecule has 0 radical (unpaired) electrons. The summed E-state index contributed by atoms with van der Waals surface area (Å²) in [5, 5.41) is 19.0. The second kappa shape index (κ2) is 11.4. The lowest BCUT2D eigenvalue weighted by molar-refractivity contribution is 0.195. The molecule has 12 nitrogen and oxygen atoms in total. The quantitative estimate of drug-likeness (QED) is 0.358. The normalized spacial score (nSPS) is 17.1. The molecule has 218 valence electrons. The molecule has 3 aromatic rings. The molecule has 1 aliphatic rings. The van der Waals surface area contributed by atoms with Gasteiger partial charge in [0.15, 0.2) is 0 Å². The van der Waals surface area contributed by atoms with Gasteiger partial charge in [0.1, 0.15) is 10.8 Å². The number of hydrogen-bond acceptors (Lipinski definition) is 9. The predicted octanol–water partition coefficient (Wildman–Crippen LogP) is 4.54. The summed E-state index contributed by atoms with van der Waals surface area (Å²) >= 11 is 1.45. The van der Waals surface area contributed by atoms with E-state index in [4.69, 9.17) is 4.42 Å². The van der Waals surface area contributed by atoms with Crippen LogP contribution in [0.1, 0.15) is 66.0 Å². The average Bonchev–Trinajstić information content (AvgIpc) is 3.52. The summed E-state index contributed by atoms with van der Waals surface area (Å²) in [5.74, 6) is 1.96. The van der Waals surface area contributed by atoms with Gasteiger partial charge in [0.2, 0.25) is 15.9 Å². The van der Waals surface area contributed by atoms with Gasteiger partial charge in [-0.3, -0.25) is 10.3 Å². The van der Waals surface area contributed by atoms with Gasteiger partial charge in [-0.2, -0.15) is 4.31 Å². The zero-order valence-electron chi connectivity index (χ0n) is 23.7. The van der Waals surface area contributed by atoms with Gasteiger partial charge in [-0.05, 0) is 57.9 Å². The minimum absolute atomic E-state index is 0.110. The average molecular weight is 592 g/mol. The lowest BCUT2D eigenvalue weighted by Gasteiger charge is -2.34. The molecule has 0 saturated carbocycles. The molecule has 1 amide bonds. The maximum atomic E-state index is 13.4. The Morgan fingerprint density at radius 1 is 1.18 bits per heavy atom. The van der Waals surface area contributed by atoms with Crippen LogP contribution in [0.4, 0.5) is 10.5 Å². The van der Waals surface area contributed by atoms with E-state index >= 15 is 0 Å². The number of nitrogens with one attached hydrogen (secondary N) is 1. The Morgan fingerprint density at radius 3 is 2.48 bits per heavy atom. The Balaban J connectivity index is 1.37. The fraction of sp³-hybridized carbons (Fsp3) is 0.538. The monoisotopic (exact) mass is 591 g/mol. The molecule has 1 saturated heterocycles. The Bertz CT molecular complexity index is 1420. The highest BCUT2D eigenvalue weighted by atomic mass is 32.2. The maximum Gasteiger partial charge on any atom is 0.412 e. The van der Waals surface area contributed by atoms with Crippen molar-refractivity contribution in [3.05, 3.63) is 48.3 Å². The number of oxazole rings is 1. The molecule has 1 atom stereocenters. The predicted molar refractivity (Wildman–Crippen MR) is 153 cm³/mol. The Hall–Kier alpha value is -3.10. The van der Waals surface area contributed by atoms with Crippen molar-refractivity contribution < 1.29 is 22.7 Å². The highest BCUT2D eigenvalue weighted by Crippen LogP contribution is 2.28. The molecule has 0 unspecified atom stereocenters. The van der Waals surface area contributed by atoms with Gasteiger partial charge in [0, 0.05) is 29.7 Å². The molecule has 4 rings (SSSR count). The first-order valence-corrected chi connectivity index (χ1v) is 15.5. The van der Waals surface area contributed by atoms with Crippen LogP contribution in [-0.2, 0) is 21.2 Å². The van der Waals surface area contributed by atoms with Crippen molar-refractivity contribution in [1.82, 2.24) is 24.4 Å². The number of carboxylic acid groups (broad SMARTS) is 1. The summed E-state index contributed by atoms with van der Waals surface area (Å²) in [4.78, 5) is 18.8. The van der Waals surface area contributed by atoms with Gasteiger partial charge in [-0.15, -0.1) is 10.2 Å². The van der Waals surface area contributed by atoms with E-state index in [1.54, 1.807) is 33.2 Å². The molecular formula is C26H37N7O5S2. The van der Waals surface area contributed by atoms with Crippen LogP contribution >= 0.6 is 11.8 Å². The van der Waals surface area contributed by atoms with E-state index in [1.165, 1.54) is 50.1 Å². The third-order valence-corrected chi connectivity index (χ3v) is 9.14. The minimum atomic E-state index is -3.77. The number of rotatable bonds is 8. The molecular weight excluding hydrogens is 554 g/mol. The molecule has 0 bridgehead atoms. The van der Waals surface area contributed by atoms with Crippen LogP contribution in [0.2, 0.25) is 0 Å². The maximum absolute atomic E-state index is 13.4. The van der Waals surface area contributed by atoms with Crippen LogP contribution in [0.25, 0.3) is 0 Å². The number of anilines is 1. The largest absolute Gasteiger partial charge is 0.465 e. The topological polar surface area (TPSA) is 147 Å². The number of amides is 1. The zero-order valence-corrected chi connectivity index (χ0v) is 25.3. The summed E-state index contributed by atoms with van der Waals surface area (Å²) in [6.45, 7) is 12.2. The number of nitrogens with zero attached hydrogens (tertiary/aromatic N) is 6.